The van der Waals surface area contributed by atoms with Crippen LogP contribution in [0.15, 0.2) is 24.3 Å². The van der Waals surface area contributed by atoms with Gasteiger partial charge in [0.25, 0.3) is 5.88 Å². The van der Waals surface area contributed by atoms with E-state index in [0.717, 1.165) is 30.6 Å². The lowest BCUT2D eigenvalue weighted by molar-refractivity contribution is -0.134. The predicted molar refractivity (Wildman–Crippen MR) is 131 cm³/mol. The van der Waals surface area contributed by atoms with E-state index in [1.165, 1.54) is 0 Å². The molecule has 15 nitrogen and oxygen atoms in total. The van der Waals surface area contributed by atoms with Gasteiger partial charge < -0.3 is 45.2 Å². The van der Waals surface area contributed by atoms with Gasteiger partial charge in [0.1, 0.15) is 12.7 Å². The van der Waals surface area contributed by atoms with Gasteiger partial charge in [-0.25, -0.2) is 19.2 Å². The molecule has 0 spiro atoms. The Bertz CT molecular complexity index is 856. The van der Waals surface area contributed by atoms with Gasteiger partial charge in [-0.3, -0.25) is 0 Å². The van der Waals surface area contributed by atoms with Crippen molar-refractivity contribution in [3.05, 3.63) is 24.3 Å². The van der Waals surface area contributed by atoms with Gasteiger partial charge in [-0.05, 0) is 20.8 Å². The van der Waals surface area contributed by atoms with Crippen molar-refractivity contribution in [2.24, 2.45) is 0 Å². The number of anilines is 1. The summed E-state index contributed by atoms with van der Waals surface area (Å²) in [6, 6.07) is 0. The van der Waals surface area contributed by atoms with Crippen LogP contribution in [0.5, 0.6) is 5.88 Å². The van der Waals surface area contributed by atoms with Crippen LogP contribution < -0.4 is 15.0 Å². The zero-order valence-electron chi connectivity index (χ0n) is 20.6. The minimum absolute atomic E-state index is 0.0257. The molecule has 37 heavy (non-hydrogen) atoms. The molecular formula is C21H32N4O11S. The van der Waals surface area contributed by atoms with Gasteiger partial charge in [0.05, 0.1) is 24.9 Å². The fourth-order valence-corrected chi connectivity index (χ4v) is 2.70. The van der Waals surface area contributed by atoms with E-state index in [-0.39, 0.29) is 12.1 Å². The molecule has 1 fully saturated rings. The molecule has 2 heterocycles. The first-order chi connectivity index (χ1) is 17.2. The van der Waals surface area contributed by atoms with Crippen molar-refractivity contribution in [3.8, 4) is 5.88 Å². The second-order valence-corrected chi connectivity index (χ2v) is 8.64. The van der Waals surface area contributed by atoms with Crippen molar-refractivity contribution in [3.63, 3.8) is 0 Å². The number of carboxylic acids is 4. The minimum atomic E-state index is -1.26. The molecule has 0 bridgehead atoms. The molecule has 6 N–H and O–H groups in total. The first-order valence-corrected chi connectivity index (χ1v) is 11.4. The maximum Gasteiger partial charge on any atom is 0.328 e. The first-order valence-electron chi connectivity index (χ1n) is 10.7. The molecule has 1 aliphatic rings. The van der Waals surface area contributed by atoms with Crippen LogP contribution in [0, 0.1) is 0 Å². The zero-order valence-corrected chi connectivity index (χ0v) is 21.4. The Morgan fingerprint density at radius 2 is 1.43 bits per heavy atom. The summed E-state index contributed by atoms with van der Waals surface area (Å²) < 4.78 is 19.4. The SMILES string of the molecule is CC(C)(C)NC[C@H](O)COc1nsnc1N1CCOCC1.O=C(O)/C=C\C(=O)O.O=C(O)/C=C\C(=O)O. The highest BCUT2D eigenvalue weighted by atomic mass is 32.1. The molecule has 2 rings (SSSR count). The minimum Gasteiger partial charge on any atom is -0.478 e. The number of aliphatic hydroxyl groups excluding tert-OH is 1. The number of carbonyl (C=O) groups is 4. The average molecular weight is 549 g/mol. The molecule has 1 aliphatic heterocycles. The molecule has 0 aliphatic carbocycles. The Morgan fingerprint density at radius 1 is 0.973 bits per heavy atom. The Morgan fingerprint density at radius 3 is 1.84 bits per heavy atom. The lowest BCUT2D eigenvalue weighted by atomic mass is 10.1. The summed E-state index contributed by atoms with van der Waals surface area (Å²) in [5.74, 6) is -3.78. The van der Waals surface area contributed by atoms with Crippen molar-refractivity contribution in [2.45, 2.75) is 32.4 Å². The lowest BCUT2D eigenvalue weighted by Crippen LogP contribution is -2.42. The molecule has 16 heteroatoms. The Balaban J connectivity index is 0.000000669. The van der Waals surface area contributed by atoms with Crippen LogP contribution in [0.2, 0.25) is 0 Å². The average Bonchev–Trinajstić information content (AvgIpc) is 3.28. The van der Waals surface area contributed by atoms with Crippen LogP contribution in [-0.4, -0.2) is 109 Å². The molecule has 0 radical (unpaired) electrons. The molecule has 0 aromatic carbocycles. The summed E-state index contributed by atoms with van der Waals surface area (Å²) in [5, 5.41) is 44.4. The number of nitrogens with one attached hydrogen (secondary N) is 1. The summed E-state index contributed by atoms with van der Waals surface area (Å²) in [5.41, 5.74) is -0.0257. The van der Waals surface area contributed by atoms with Crippen LogP contribution in [-0.2, 0) is 23.9 Å². The van der Waals surface area contributed by atoms with Crippen LogP contribution in [0.3, 0.4) is 0 Å². The normalized spacial score (nSPS) is 14.2. The van der Waals surface area contributed by atoms with Crippen LogP contribution in [0.25, 0.3) is 0 Å². The Labute approximate surface area is 217 Å². The number of β-amino-alcohol motifs (C(OH)–C–C–N with tert-alkyl or cyclic N) is 1. The van der Waals surface area contributed by atoms with E-state index in [9.17, 15) is 24.3 Å². The number of hydrogen-bond acceptors (Lipinski definition) is 12. The van der Waals surface area contributed by atoms with Crippen LogP contribution >= 0.6 is 11.7 Å². The molecule has 1 atom stereocenters. The number of nitrogens with zero attached hydrogens (tertiary/aromatic N) is 3. The summed E-state index contributed by atoms with van der Waals surface area (Å²) in [7, 11) is 0. The van der Waals surface area contributed by atoms with Gasteiger partial charge in [0.15, 0.2) is 0 Å². The Kier molecular flexibility index (Phi) is 16.0. The number of hydrogen-bond donors (Lipinski definition) is 6. The van der Waals surface area contributed by atoms with Gasteiger partial charge in [-0.1, -0.05) is 0 Å². The molecule has 0 unspecified atom stereocenters. The van der Waals surface area contributed by atoms with Crippen LogP contribution in [0.1, 0.15) is 20.8 Å². The standard InChI is InChI=1S/C13H24N4O3S.2C4H4O4/c1-13(2,3)14-8-10(18)9-20-12-11(15-21-16-12)17-4-6-19-7-5-17;2*5-3(6)1-2-4(7)8/h10,14,18H,4-9H2,1-3H3;2*1-2H,(H,5,6)(H,7,8)/b;2*2-1-/t10-;;/m0../s1. The van der Waals surface area contributed by atoms with Crippen molar-refractivity contribution >= 4 is 41.4 Å². The number of morpholine rings is 1. The lowest BCUT2D eigenvalue weighted by Gasteiger charge is -2.27. The molecular weight excluding hydrogens is 516 g/mol. The van der Waals surface area contributed by atoms with Gasteiger partial charge >= 0.3 is 23.9 Å². The van der Waals surface area contributed by atoms with E-state index in [4.69, 9.17) is 29.9 Å². The summed E-state index contributed by atoms with van der Waals surface area (Å²) >= 11 is 1.12. The van der Waals surface area contributed by atoms with Gasteiger partial charge in [-0.15, -0.1) is 4.37 Å². The molecule has 0 saturated carbocycles. The van der Waals surface area contributed by atoms with Crippen molar-refractivity contribution in [1.29, 1.82) is 0 Å². The molecule has 1 aromatic rings. The van der Waals surface area contributed by atoms with Gasteiger partial charge in [0, 0.05) is 49.5 Å². The van der Waals surface area contributed by atoms with E-state index in [1.807, 2.05) is 0 Å². The van der Waals surface area contributed by atoms with Gasteiger partial charge in [-0.2, -0.15) is 4.37 Å². The second kappa shape index (κ2) is 17.8. The summed E-state index contributed by atoms with van der Waals surface area (Å²) in [6.45, 7) is 9.81. The highest BCUT2D eigenvalue weighted by molar-refractivity contribution is 6.99. The highest BCUT2D eigenvalue weighted by Gasteiger charge is 2.21. The molecule has 1 saturated heterocycles. The van der Waals surface area contributed by atoms with E-state index in [1.54, 1.807) is 0 Å². The largest absolute Gasteiger partial charge is 0.478 e. The maximum absolute atomic E-state index is 9.95. The smallest absolute Gasteiger partial charge is 0.328 e. The van der Waals surface area contributed by atoms with Crippen molar-refractivity contribution < 1.29 is 54.2 Å². The van der Waals surface area contributed by atoms with E-state index >= 15 is 0 Å². The second-order valence-electron chi connectivity index (χ2n) is 8.11. The molecule has 0 amide bonds. The van der Waals surface area contributed by atoms with Crippen LogP contribution in [0.4, 0.5) is 5.82 Å². The quantitative estimate of drug-likeness (QED) is 0.210. The monoisotopic (exact) mass is 548 g/mol. The highest BCUT2D eigenvalue weighted by Crippen LogP contribution is 2.26. The number of rotatable bonds is 10. The summed E-state index contributed by atoms with van der Waals surface area (Å²) in [4.78, 5) is 40.3. The number of aliphatic hydroxyl groups is 1. The maximum atomic E-state index is 9.95. The van der Waals surface area contributed by atoms with Crippen molar-refractivity contribution in [2.75, 3.05) is 44.4 Å². The zero-order chi connectivity index (χ0) is 28.4. The number of carboxylic acid groups (broad SMARTS) is 4. The van der Waals surface area contributed by atoms with E-state index in [0.29, 0.717) is 49.9 Å². The fourth-order valence-electron chi connectivity index (χ4n) is 2.18. The first kappa shape index (κ1) is 33.4. The predicted octanol–water partition coefficient (Wildman–Crippen LogP) is -0.0739. The fraction of sp³-hybridized carbons (Fsp3) is 0.524. The number of aromatic nitrogens is 2. The summed E-state index contributed by atoms with van der Waals surface area (Å²) in [6.07, 6.45) is 1.65. The topological polar surface area (TPSA) is 229 Å². The molecule has 1 aromatic heterocycles. The van der Waals surface area contributed by atoms with Crippen molar-refractivity contribution in [1.82, 2.24) is 14.1 Å². The number of ether oxygens (including phenoxy) is 2. The van der Waals surface area contributed by atoms with E-state index in [2.05, 4.69) is 39.7 Å². The number of aliphatic carboxylic acids is 4. The molecule has 208 valence electrons. The van der Waals surface area contributed by atoms with Gasteiger partial charge in [0.2, 0.25) is 5.82 Å². The third-order valence-electron chi connectivity index (χ3n) is 3.77. The third kappa shape index (κ3) is 19.3. The Hall–Kier alpha value is -3.60. The third-order valence-corrected chi connectivity index (χ3v) is 4.27. The van der Waals surface area contributed by atoms with E-state index < -0.39 is 30.0 Å².